The standard InChI is InChI=1S/C13H12Br2N2O/c1-8-3-2-4-12(17-8)16-7-9-5-10(14)6-11(15)13(9)18/h2-6,18H,7H2,1H3,(H,16,17)/p+1. The maximum atomic E-state index is 9.94. The number of rotatable bonds is 3. The molecule has 0 fully saturated rings. The average Bonchev–Trinajstić information content (AvgIpc) is 2.32. The third-order valence-electron chi connectivity index (χ3n) is 2.52. The summed E-state index contributed by atoms with van der Waals surface area (Å²) in [6, 6.07) is 9.64. The Morgan fingerprint density at radius 2 is 2.06 bits per heavy atom. The summed E-state index contributed by atoms with van der Waals surface area (Å²) < 4.78 is 1.61. The van der Waals surface area contributed by atoms with E-state index < -0.39 is 0 Å². The fraction of sp³-hybridized carbons (Fsp3) is 0.154. The molecule has 3 nitrogen and oxygen atoms in total. The van der Waals surface area contributed by atoms with Crippen LogP contribution in [0.3, 0.4) is 0 Å². The summed E-state index contributed by atoms with van der Waals surface area (Å²) in [7, 11) is 0. The number of hydrogen-bond donors (Lipinski definition) is 2. The van der Waals surface area contributed by atoms with Crippen LogP contribution >= 0.6 is 31.9 Å². The zero-order valence-electron chi connectivity index (χ0n) is 9.80. The molecule has 1 heterocycles. The van der Waals surface area contributed by atoms with Crippen molar-refractivity contribution < 1.29 is 10.1 Å². The van der Waals surface area contributed by atoms with Crippen LogP contribution in [-0.2, 0) is 6.54 Å². The Morgan fingerprint density at radius 3 is 2.78 bits per heavy atom. The van der Waals surface area contributed by atoms with Gasteiger partial charge in [-0.2, -0.15) is 0 Å². The first-order valence-corrected chi connectivity index (χ1v) is 7.04. The topological polar surface area (TPSA) is 46.4 Å². The van der Waals surface area contributed by atoms with Crippen molar-refractivity contribution in [1.29, 1.82) is 0 Å². The number of phenolic OH excluding ortho intramolecular Hbond substituents is 1. The maximum absolute atomic E-state index is 9.94. The normalized spacial score (nSPS) is 10.4. The molecule has 0 saturated heterocycles. The van der Waals surface area contributed by atoms with Crippen molar-refractivity contribution in [3.8, 4) is 5.75 Å². The van der Waals surface area contributed by atoms with Crippen LogP contribution in [0.25, 0.3) is 0 Å². The molecule has 1 aromatic heterocycles. The lowest BCUT2D eigenvalue weighted by Crippen LogP contribution is -2.15. The Balaban J connectivity index is 2.15. The smallest absolute Gasteiger partial charge is 0.272 e. The molecule has 0 unspecified atom stereocenters. The van der Waals surface area contributed by atoms with Crippen LogP contribution in [0, 0.1) is 6.92 Å². The highest BCUT2D eigenvalue weighted by atomic mass is 79.9. The lowest BCUT2D eigenvalue weighted by atomic mass is 10.2. The summed E-state index contributed by atoms with van der Waals surface area (Å²) in [4.78, 5) is 3.21. The molecule has 0 spiro atoms. The van der Waals surface area contributed by atoms with Gasteiger partial charge in [0, 0.05) is 16.1 Å². The lowest BCUT2D eigenvalue weighted by molar-refractivity contribution is -0.371. The molecule has 0 radical (unpaired) electrons. The number of anilines is 1. The number of hydrogen-bond acceptors (Lipinski definition) is 2. The SMILES string of the molecule is Cc1cccc(NCc2cc(Br)cc(Br)c2O)[nH+]1. The average molecular weight is 373 g/mol. The van der Waals surface area contributed by atoms with Gasteiger partial charge in [-0.1, -0.05) is 22.0 Å². The minimum absolute atomic E-state index is 0.262. The number of aromatic amines is 1. The van der Waals surface area contributed by atoms with E-state index >= 15 is 0 Å². The number of nitrogens with one attached hydrogen (secondary N) is 2. The lowest BCUT2D eigenvalue weighted by Gasteiger charge is -2.06. The van der Waals surface area contributed by atoms with Crippen molar-refractivity contribution in [2.75, 3.05) is 5.32 Å². The van der Waals surface area contributed by atoms with E-state index in [0.717, 1.165) is 21.5 Å². The fourth-order valence-corrected chi connectivity index (χ4v) is 2.95. The third kappa shape index (κ3) is 3.23. The summed E-state index contributed by atoms with van der Waals surface area (Å²) in [5.74, 6) is 1.18. The Kier molecular flexibility index (Phi) is 4.24. The van der Waals surface area contributed by atoms with Crippen LogP contribution in [0.2, 0.25) is 0 Å². The number of aryl methyl sites for hydroxylation is 1. The molecule has 5 heteroatoms. The maximum Gasteiger partial charge on any atom is 0.272 e. The number of aromatic nitrogens is 1. The third-order valence-corrected chi connectivity index (χ3v) is 3.58. The molecule has 0 saturated carbocycles. The molecule has 0 atom stereocenters. The molecule has 2 aromatic rings. The second-order valence-electron chi connectivity index (χ2n) is 4.00. The number of pyridine rings is 1. The van der Waals surface area contributed by atoms with Crippen molar-refractivity contribution in [3.63, 3.8) is 0 Å². The quantitative estimate of drug-likeness (QED) is 0.863. The molecule has 0 aliphatic heterocycles. The fourth-order valence-electron chi connectivity index (χ4n) is 1.63. The second kappa shape index (κ2) is 5.71. The molecule has 0 amide bonds. The van der Waals surface area contributed by atoms with Gasteiger partial charge in [-0.3, -0.25) is 5.32 Å². The molecular weight excluding hydrogens is 360 g/mol. The van der Waals surface area contributed by atoms with Crippen molar-refractivity contribution >= 4 is 37.7 Å². The summed E-state index contributed by atoms with van der Waals surface area (Å²) in [5.41, 5.74) is 1.91. The minimum atomic E-state index is 0.262. The molecule has 18 heavy (non-hydrogen) atoms. The van der Waals surface area contributed by atoms with Crippen LogP contribution < -0.4 is 10.3 Å². The number of halogens is 2. The van der Waals surface area contributed by atoms with Gasteiger partial charge in [0.25, 0.3) is 5.82 Å². The van der Waals surface area contributed by atoms with E-state index in [0.29, 0.717) is 11.0 Å². The van der Waals surface area contributed by atoms with E-state index in [9.17, 15) is 5.11 Å². The zero-order valence-corrected chi connectivity index (χ0v) is 13.0. The van der Waals surface area contributed by atoms with Crippen molar-refractivity contribution in [3.05, 3.63) is 50.5 Å². The van der Waals surface area contributed by atoms with Crippen molar-refractivity contribution in [1.82, 2.24) is 0 Å². The molecule has 1 aromatic carbocycles. The largest absolute Gasteiger partial charge is 0.506 e. The molecule has 94 valence electrons. The van der Waals surface area contributed by atoms with E-state index in [2.05, 4.69) is 42.2 Å². The Hall–Kier alpha value is -1.07. The molecule has 0 aliphatic carbocycles. The zero-order chi connectivity index (χ0) is 13.1. The molecule has 0 aliphatic rings. The number of H-pyrrole nitrogens is 1. The van der Waals surface area contributed by atoms with Crippen molar-refractivity contribution in [2.24, 2.45) is 0 Å². The van der Waals surface area contributed by atoms with Crippen molar-refractivity contribution in [2.45, 2.75) is 13.5 Å². The first kappa shape index (κ1) is 13.4. The van der Waals surface area contributed by atoms with Gasteiger partial charge in [-0.15, -0.1) is 0 Å². The highest BCUT2D eigenvalue weighted by Crippen LogP contribution is 2.31. The predicted octanol–water partition coefficient (Wildman–Crippen LogP) is 3.65. The van der Waals surface area contributed by atoms with Gasteiger partial charge < -0.3 is 5.11 Å². The highest BCUT2D eigenvalue weighted by molar-refractivity contribution is 9.11. The van der Waals surface area contributed by atoms with Crippen LogP contribution in [-0.4, -0.2) is 5.11 Å². The van der Waals surface area contributed by atoms with Gasteiger partial charge in [0.15, 0.2) is 0 Å². The predicted molar refractivity (Wildman–Crippen MR) is 78.6 cm³/mol. The van der Waals surface area contributed by atoms with Crippen LogP contribution in [0.5, 0.6) is 5.75 Å². The number of phenols is 1. The number of aromatic hydroxyl groups is 1. The van der Waals surface area contributed by atoms with Gasteiger partial charge in [-0.25, -0.2) is 4.98 Å². The van der Waals surface area contributed by atoms with E-state index in [4.69, 9.17) is 0 Å². The molecule has 3 N–H and O–H groups in total. The van der Waals surface area contributed by atoms with Gasteiger partial charge in [0.05, 0.1) is 10.2 Å². The number of benzene rings is 1. The van der Waals surface area contributed by atoms with E-state index in [-0.39, 0.29) is 5.75 Å². The van der Waals surface area contributed by atoms with Crippen LogP contribution in [0.1, 0.15) is 11.3 Å². The van der Waals surface area contributed by atoms with Gasteiger partial charge >= 0.3 is 0 Å². The Labute approximate surface area is 123 Å². The van der Waals surface area contributed by atoms with E-state index in [1.807, 2.05) is 37.3 Å². The molecule has 2 rings (SSSR count). The summed E-state index contributed by atoms with van der Waals surface area (Å²) in [6.45, 7) is 2.54. The van der Waals surface area contributed by atoms with Crippen LogP contribution in [0.4, 0.5) is 5.82 Å². The first-order valence-electron chi connectivity index (χ1n) is 5.46. The monoisotopic (exact) mass is 371 g/mol. The van der Waals surface area contributed by atoms with E-state index in [1.54, 1.807) is 0 Å². The Bertz CT molecular complexity index is 573. The van der Waals surface area contributed by atoms with Crippen LogP contribution in [0.15, 0.2) is 39.3 Å². The molecular formula is C13H13Br2N2O+. The highest BCUT2D eigenvalue weighted by Gasteiger charge is 2.10. The van der Waals surface area contributed by atoms with Gasteiger partial charge in [-0.05, 0) is 41.1 Å². The van der Waals surface area contributed by atoms with Gasteiger partial charge in [0.1, 0.15) is 12.3 Å². The molecule has 0 bridgehead atoms. The minimum Gasteiger partial charge on any atom is -0.506 e. The van der Waals surface area contributed by atoms with E-state index in [1.165, 1.54) is 0 Å². The second-order valence-corrected chi connectivity index (χ2v) is 5.77. The summed E-state index contributed by atoms with van der Waals surface area (Å²) >= 11 is 6.73. The Morgan fingerprint density at radius 1 is 1.28 bits per heavy atom. The first-order chi connectivity index (χ1) is 8.56. The summed E-state index contributed by atoms with van der Waals surface area (Å²) in [6.07, 6.45) is 0. The van der Waals surface area contributed by atoms with Gasteiger partial charge in [0.2, 0.25) is 0 Å². The summed E-state index contributed by atoms with van der Waals surface area (Å²) in [5, 5.41) is 13.2.